The van der Waals surface area contributed by atoms with E-state index in [1.54, 1.807) is 0 Å². The molecule has 2 aromatic rings. The maximum atomic E-state index is 13.5. The second kappa shape index (κ2) is 5.85. The van der Waals surface area contributed by atoms with Gasteiger partial charge in [0.1, 0.15) is 23.4 Å². The van der Waals surface area contributed by atoms with Gasteiger partial charge in [0.2, 0.25) is 0 Å². The first-order valence-corrected chi connectivity index (χ1v) is 6.23. The molecular weight excluding hydrogens is 260 g/mol. The van der Waals surface area contributed by atoms with Crippen molar-refractivity contribution < 1.29 is 8.78 Å². The van der Waals surface area contributed by atoms with E-state index < -0.39 is 11.6 Å². The minimum Gasteiger partial charge on any atom is -0.340 e. The van der Waals surface area contributed by atoms with Crippen LogP contribution in [0.3, 0.4) is 0 Å². The van der Waals surface area contributed by atoms with E-state index in [0.29, 0.717) is 24.3 Å². The van der Waals surface area contributed by atoms with Crippen molar-refractivity contribution in [2.75, 3.05) is 0 Å². The van der Waals surface area contributed by atoms with Crippen LogP contribution in [0.4, 0.5) is 8.78 Å². The minimum atomic E-state index is -0.580. The molecule has 0 aliphatic carbocycles. The van der Waals surface area contributed by atoms with Crippen LogP contribution in [0.1, 0.15) is 22.5 Å². The molecule has 0 saturated heterocycles. The Morgan fingerprint density at radius 2 is 1.90 bits per heavy atom. The molecule has 1 N–H and O–H groups in total. The molecule has 0 aliphatic heterocycles. The molecule has 1 aromatic heterocycles. The molecule has 3 nitrogen and oxygen atoms in total. The van der Waals surface area contributed by atoms with Gasteiger partial charge in [-0.2, -0.15) is 5.26 Å². The first kappa shape index (κ1) is 14.2. The molecule has 20 heavy (non-hydrogen) atoms. The standard InChI is InChI=1S/C15H15F2N3/c1-10-12(5-14(7-18)20(10)2)9-19-8-11-3-4-13(16)6-15(11)17/h3-6,19H,8-9H2,1-2H3. The molecule has 0 unspecified atom stereocenters. The van der Waals surface area contributed by atoms with E-state index in [4.69, 9.17) is 5.26 Å². The summed E-state index contributed by atoms with van der Waals surface area (Å²) in [6, 6.07) is 7.46. The molecule has 2 rings (SSSR count). The zero-order valence-corrected chi connectivity index (χ0v) is 11.4. The van der Waals surface area contributed by atoms with Gasteiger partial charge in [-0.05, 0) is 24.6 Å². The summed E-state index contributed by atoms with van der Waals surface area (Å²) in [4.78, 5) is 0. The molecule has 0 amide bonds. The molecule has 0 spiro atoms. The van der Waals surface area contributed by atoms with Gasteiger partial charge < -0.3 is 9.88 Å². The van der Waals surface area contributed by atoms with Crippen LogP contribution >= 0.6 is 0 Å². The Balaban J connectivity index is 2.01. The molecule has 0 bridgehead atoms. The monoisotopic (exact) mass is 275 g/mol. The molecule has 104 valence electrons. The van der Waals surface area contributed by atoms with E-state index in [1.807, 2.05) is 24.6 Å². The average molecular weight is 275 g/mol. The highest BCUT2D eigenvalue weighted by molar-refractivity contribution is 5.34. The van der Waals surface area contributed by atoms with Crippen molar-refractivity contribution in [2.24, 2.45) is 7.05 Å². The van der Waals surface area contributed by atoms with Gasteiger partial charge in [-0.15, -0.1) is 0 Å². The highest BCUT2D eigenvalue weighted by atomic mass is 19.1. The Hall–Kier alpha value is -2.19. The lowest BCUT2D eigenvalue weighted by atomic mass is 10.2. The van der Waals surface area contributed by atoms with Gasteiger partial charge in [0.05, 0.1) is 0 Å². The van der Waals surface area contributed by atoms with Crippen LogP contribution in [0.2, 0.25) is 0 Å². The Kier molecular flexibility index (Phi) is 4.16. The number of aromatic nitrogens is 1. The van der Waals surface area contributed by atoms with Crippen molar-refractivity contribution in [2.45, 2.75) is 20.0 Å². The zero-order chi connectivity index (χ0) is 14.7. The highest BCUT2D eigenvalue weighted by Crippen LogP contribution is 2.14. The number of rotatable bonds is 4. The molecule has 0 fully saturated rings. The number of nitriles is 1. The average Bonchev–Trinajstić information content (AvgIpc) is 2.69. The normalized spacial score (nSPS) is 10.6. The number of hydrogen-bond acceptors (Lipinski definition) is 2. The van der Waals surface area contributed by atoms with E-state index in [2.05, 4.69) is 11.4 Å². The van der Waals surface area contributed by atoms with Gasteiger partial charge in [-0.1, -0.05) is 6.07 Å². The summed E-state index contributed by atoms with van der Waals surface area (Å²) in [6.45, 7) is 2.76. The largest absolute Gasteiger partial charge is 0.340 e. The summed E-state index contributed by atoms with van der Waals surface area (Å²) in [5.74, 6) is -1.14. The van der Waals surface area contributed by atoms with Crippen LogP contribution in [0.5, 0.6) is 0 Å². The fourth-order valence-electron chi connectivity index (χ4n) is 2.05. The maximum absolute atomic E-state index is 13.5. The SMILES string of the molecule is Cc1c(CNCc2ccc(F)cc2F)cc(C#N)n1C. The van der Waals surface area contributed by atoms with Gasteiger partial charge in [-0.3, -0.25) is 0 Å². The van der Waals surface area contributed by atoms with Crippen LogP contribution in [0, 0.1) is 29.9 Å². The van der Waals surface area contributed by atoms with Crippen molar-refractivity contribution >= 4 is 0 Å². The first-order chi connectivity index (χ1) is 9.52. The van der Waals surface area contributed by atoms with Crippen molar-refractivity contribution in [1.29, 1.82) is 5.26 Å². The number of benzene rings is 1. The third kappa shape index (κ3) is 2.86. The topological polar surface area (TPSA) is 40.8 Å². The smallest absolute Gasteiger partial charge is 0.130 e. The molecule has 1 heterocycles. The molecular formula is C15H15F2N3. The molecule has 5 heteroatoms. The Morgan fingerprint density at radius 3 is 2.50 bits per heavy atom. The fraction of sp³-hybridized carbons (Fsp3) is 0.267. The Morgan fingerprint density at radius 1 is 1.20 bits per heavy atom. The number of hydrogen-bond donors (Lipinski definition) is 1. The van der Waals surface area contributed by atoms with Crippen LogP contribution in [0.25, 0.3) is 0 Å². The summed E-state index contributed by atoms with van der Waals surface area (Å²) in [7, 11) is 1.83. The van der Waals surface area contributed by atoms with Crippen LogP contribution in [-0.2, 0) is 20.1 Å². The third-order valence-electron chi connectivity index (χ3n) is 3.40. The summed E-state index contributed by atoms with van der Waals surface area (Å²) in [6.07, 6.45) is 0. The highest BCUT2D eigenvalue weighted by Gasteiger charge is 2.09. The summed E-state index contributed by atoms with van der Waals surface area (Å²) >= 11 is 0. The van der Waals surface area contributed by atoms with E-state index in [1.165, 1.54) is 12.1 Å². The number of halogens is 2. The van der Waals surface area contributed by atoms with Crippen LogP contribution in [-0.4, -0.2) is 4.57 Å². The van der Waals surface area contributed by atoms with E-state index in [-0.39, 0.29) is 0 Å². The van der Waals surface area contributed by atoms with Gasteiger partial charge >= 0.3 is 0 Å². The molecule has 0 radical (unpaired) electrons. The lowest BCUT2D eigenvalue weighted by Gasteiger charge is -2.06. The minimum absolute atomic E-state index is 0.308. The van der Waals surface area contributed by atoms with Crippen LogP contribution < -0.4 is 5.32 Å². The predicted octanol–water partition coefficient (Wildman–Crippen LogP) is 2.77. The number of nitrogens with zero attached hydrogens (tertiary/aromatic N) is 2. The van der Waals surface area contributed by atoms with Crippen molar-refractivity contribution in [3.05, 3.63) is 58.4 Å². The van der Waals surface area contributed by atoms with E-state index >= 15 is 0 Å². The second-order valence-electron chi connectivity index (χ2n) is 4.65. The van der Waals surface area contributed by atoms with E-state index in [0.717, 1.165) is 17.3 Å². The molecule has 0 atom stereocenters. The van der Waals surface area contributed by atoms with Crippen LogP contribution in [0.15, 0.2) is 24.3 Å². The summed E-state index contributed by atoms with van der Waals surface area (Å²) < 4.78 is 28.0. The lowest BCUT2D eigenvalue weighted by molar-refractivity contribution is 0.560. The predicted molar refractivity (Wildman–Crippen MR) is 71.8 cm³/mol. The number of nitrogens with one attached hydrogen (secondary N) is 1. The van der Waals surface area contributed by atoms with Crippen molar-refractivity contribution in [3.63, 3.8) is 0 Å². The summed E-state index contributed by atoms with van der Waals surface area (Å²) in [5, 5.41) is 12.0. The van der Waals surface area contributed by atoms with Crippen molar-refractivity contribution in [1.82, 2.24) is 9.88 Å². The summed E-state index contributed by atoms with van der Waals surface area (Å²) in [5.41, 5.74) is 2.99. The van der Waals surface area contributed by atoms with E-state index in [9.17, 15) is 8.78 Å². The second-order valence-corrected chi connectivity index (χ2v) is 4.65. The van der Waals surface area contributed by atoms with Gasteiger partial charge in [0.25, 0.3) is 0 Å². The molecule has 0 saturated carbocycles. The Labute approximate surface area is 116 Å². The third-order valence-corrected chi connectivity index (χ3v) is 3.40. The Bertz CT molecular complexity index is 668. The van der Waals surface area contributed by atoms with Gasteiger partial charge in [0, 0.05) is 37.5 Å². The zero-order valence-electron chi connectivity index (χ0n) is 11.4. The van der Waals surface area contributed by atoms with Gasteiger partial charge in [-0.25, -0.2) is 8.78 Å². The maximum Gasteiger partial charge on any atom is 0.130 e. The molecule has 1 aromatic carbocycles. The fourth-order valence-corrected chi connectivity index (χ4v) is 2.05. The molecule has 0 aliphatic rings. The van der Waals surface area contributed by atoms with Crippen molar-refractivity contribution in [3.8, 4) is 6.07 Å². The lowest BCUT2D eigenvalue weighted by Crippen LogP contribution is -2.14. The quantitative estimate of drug-likeness (QED) is 0.932. The first-order valence-electron chi connectivity index (χ1n) is 6.23. The van der Waals surface area contributed by atoms with Gasteiger partial charge in [0.15, 0.2) is 0 Å².